The average Bonchev–Trinajstić information content (AvgIpc) is 2.71. The molecule has 0 saturated heterocycles. The molecule has 0 fully saturated rings. The summed E-state index contributed by atoms with van der Waals surface area (Å²) in [4.78, 5) is 22.5. The van der Waals surface area contributed by atoms with Gasteiger partial charge < -0.3 is 0 Å². The number of hydrogen-bond donors (Lipinski definition) is 2. The average molecular weight is 284 g/mol. The Labute approximate surface area is 111 Å². The van der Waals surface area contributed by atoms with Gasteiger partial charge in [0.05, 0.1) is 5.56 Å². The number of nitrogens with one attached hydrogen (secondary N) is 2. The molecule has 0 radical (unpaired) electrons. The zero-order valence-electron chi connectivity index (χ0n) is 10.5. The highest BCUT2D eigenvalue weighted by molar-refractivity contribution is 5.94. The molecule has 0 aliphatic rings. The van der Waals surface area contributed by atoms with Gasteiger partial charge in [-0.2, -0.15) is 13.2 Å². The molecule has 0 amide bonds. The number of alkyl halides is 3. The molecule has 0 aliphatic carbocycles. The van der Waals surface area contributed by atoms with Crippen LogP contribution in [0.3, 0.4) is 0 Å². The van der Waals surface area contributed by atoms with E-state index >= 15 is 0 Å². The van der Waals surface area contributed by atoms with E-state index in [4.69, 9.17) is 0 Å². The first-order chi connectivity index (χ1) is 9.29. The van der Waals surface area contributed by atoms with Crippen molar-refractivity contribution in [1.29, 1.82) is 0 Å². The van der Waals surface area contributed by atoms with Gasteiger partial charge >= 0.3 is 6.18 Å². The number of H-pyrrole nitrogens is 2. The molecule has 2 aromatic rings. The van der Waals surface area contributed by atoms with Gasteiger partial charge in [-0.05, 0) is 12.5 Å². The van der Waals surface area contributed by atoms with E-state index in [1.165, 1.54) is 31.2 Å². The van der Waals surface area contributed by atoms with Gasteiger partial charge in [-0.3, -0.25) is 19.8 Å². The van der Waals surface area contributed by atoms with Crippen molar-refractivity contribution in [3.05, 3.63) is 57.0 Å². The predicted molar refractivity (Wildman–Crippen MR) is 65.7 cm³/mol. The third-order valence-corrected chi connectivity index (χ3v) is 2.90. The molecule has 0 atom stereocenters. The molecule has 0 aliphatic heterocycles. The SMILES string of the molecule is CC(=O)c1ccc(Cc2c(C(F)(F)F)[nH][nH]c2=O)cc1. The highest BCUT2D eigenvalue weighted by Gasteiger charge is 2.36. The molecule has 2 rings (SSSR count). The second-order valence-electron chi connectivity index (χ2n) is 4.36. The summed E-state index contributed by atoms with van der Waals surface area (Å²) in [6.07, 6.45) is -4.78. The van der Waals surface area contributed by atoms with E-state index in [1.54, 1.807) is 0 Å². The molecule has 7 heteroatoms. The van der Waals surface area contributed by atoms with E-state index in [9.17, 15) is 22.8 Å². The Kier molecular flexibility index (Phi) is 3.52. The van der Waals surface area contributed by atoms with Crippen LogP contribution in [0.2, 0.25) is 0 Å². The first-order valence-corrected chi connectivity index (χ1v) is 5.75. The standard InChI is InChI=1S/C13H11F3N2O2/c1-7(19)9-4-2-8(3-5-9)6-10-11(13(14,15)16)17-18-12(10)20/h2-5H,6H2,1H3,(H2,17,18,20). The van der Waals surface area contributed by atoms with Gasteiger partial charge in [-0.1, -0.05) is 24.3 Å². The van der Waals surface area contributed by atoms with Crippen LogP contribution in [0.15, 0.2) is 29.1 Å². The Morgan fingerprint density at radius 1 is 1.15 bits per heavy atom. The third-order valence-electron chi connectivity index (χ3n) is 2.90. The van der Waals surface area contributed by atoms with Gasteiger partial charge in [0.1, 0.15) is 5.69 Å². The van der Waals surface area contributed by atoms with E-state index in [0.717, 1.165) is 0 Å². The van der Waals surface area contributed by atoms with E-state index < -0.39 is 17.4 Å². The molecule has 2 N–H and O–H groups in total. The minimum Gasteiger partial charge on any atom is -0.295 e. The number of carbonyl (C=O) groups is 1. The summed E-state index contributed by atoms with van der Waals surface area (Å²) < 4.78 is 38.1. The molecule has 1 aromatic heterocycles. The number of benzene rings is 1. The van der Waals surface area contributed by atoms with Gasteiger partial charge in [-0.25, -0.2) is 0 Å². The summed E-state index contributed by atoms with van der Waals surface area (Å²) in [5, 5.41) is 3.79. The van der Waals surface area contributed by atoms with Crippen molar-refractivity contribution in [2.45, 2.75) is 19.5 Å². The molecular formula is C13H11F3N2O2. The summed E-state index contributed by atoms with van der Waals surface area (Å²) >= 11 is 0. The van der Waals surface area contributed by atoms with E-state index in [1.807, 2.05) is 10.2 Å². The monoisotopic (exact) mass is 284 g/mol. The smallest absolute Gasteiger partial charge is 0.295 e. The fourth-order valence-electron chi connectivity index (χ4n) is 1.86. The summed E-state index contributed by atoms with van der Waals surface area (Å²) in [6.45, 7) is 1.40. The number of hydrogen-bond acceptors (Lipinski definition) is 2. The maximum atomic E-state index is 12.7. The summed E-state index contributed by atoms with van der Waals surface area (Å²) in [6, 6.07) is 6.10. The Bertz CT molecular complexity index is 681. The van der Waals surface area contributed by atoms with E-state index in [2.05, 4.69) is 0 Å². The van der Waals surface area contributed by atoms with Crippen molar-refractivity contribution in [2.24, 2.45) is 0 Å². The van der Waals surface area contributed by atoms with Crippen LogP contribution < -0.4 is 5.56 Å². The zero-order chi connectivity index (χ0) is 14.9. The number of aromatic amines is 2. The molecule has 4 nitrogen and oxygen atoms in total. The number of carbonyl (C=O) groups excluding carboxylic acids is 1. The lowest BCUT2D eigenvalue weighted by atomic mass is 10.0. The van der Waals surface area contributed by atoms with Crippen LogP contribution in [-0.4, -0.2) is 16.0 Å². The molecule has 0 unspecified atom stereocenters. The molecule has 0 saturated carbocycles. The second kappa shape index (κ2) is 4.99. The maximum absolute atomic E-state index is 12.7. The third kappa shape index (κ3) is 2.81. The molecule has 0 bridgehead atoms. The normalized spacial score (nSPS) is 11.6. The van der Waals surface area contributed by atoms with Crippen molar-refractivity contribution < 1.29 is 18.0 Å². The van der Waals surface area contributed by atoms with Crippen molar-refractivity contribution in [3.63, 3.8) is 0 Å². The maximum Gasteiger partial charge on any atom is 0.433 e. The van der Waals surface area contributed by atoms with E-state index in [-0.39, 0.29) is 17.8 Å². The first kappa shape index (κ1) is 14.1. The Hall–Kier alpha value is -2.31. The van der Waals surface area contributed by atoms with Gasteiger partial charge in [0.15, 0.2) is 5.78 Å². The highest BCUT2D eigenvalue weighted by Crippen LogP contribution is 2.29. The highest BCUT2D eigenvalue weighted by atomic mass is 19.4. The zero-order valence-corrected chi connectivity index (χ0v) is 10.5. The number of Topliss-reactive ketones (excluding diaryl/α,β-unsaturated/α-hetero) is 1. The fraction of sp³-hybridized carbons (Fsp3) is 0.231. The van der Waals surface area contributed by atoms with Crippen LogP contribution in [0, 0.1) is 0 Å². The summed E-state index contributed by atoms with van der Waals surface area (Å²) in [5.41, 5.74) is -1.25. The second-order valence-corrected chi connectivity index (χ2v) is 4.36. The Morgan fingerprint density at radius 2 is 1.75 bits per heavy atom. The van der Waals surface area contributed by atoms with E-state index in [0.29, 0.717) is 11.1 Å². The van der Waals surface area contributed by atoms with Crippen LogP contribution in [-0.2, 0) is 12.6 Å². The molecule has 0 spiro atoms. The number of aromatic nitrogens is 2. The lowest BCUT2D eigenvalue weighted by Crippen LogP contribution is -2.13. The topological polar surface area (TPSA) is 65.7 Å². The molecule has 20 heavy (non-hydrogen) atoms. The van der Waals surface area contributed by atoms with Gasteiger partial charge in [0.2, 0.25) is 0 Å². The van der Waals surface area contributed by atoms with Gasteiger partial charge in [-0.15, -0.1) is 0 Å². The fourth-order valence-corrected chi connectivity index (χ4v) is 1.86. The molecular weight excluding hydrogens is 273 g/mol. The molecule has 106 valence electrons. The van der Waals surface area contributed by atoms with Crippen LogP contribution in [0.1, 0.15) is 34.1 Å². The largest absolute Gasteiger partial charge is 0.433 e. The quantitative estimate of drug-likeness (QED) is 0.850. The van der Waals surface area contributed by atoms with Crippen molar-refractivity contribution in [1.82, 2.24) is 10.2 Å². The predicted octanol–water partition coefficient (Wildman–Crippen LogP) is 2.52. The van der Waals surface area contributed by atoms with Gasteiger partial charge in [0, 0.05) is 12.0 Å². The van der Waals surface area contributed by atoms with Crippen LogP contribution in [0.5, 0.6) is 0 Å². The molecule has 1 aromatic carbocycles. The van der Waals surface area contributed by atoms with Crippen molar-refractivity contribution in [3.8, 4) is 0 Å². The van der Waals surface area contributed by atoms with Crippen molar-refractivity contribution in [2.75, 3.05) is 0 Å². The lowest BCUT2D eigenvalue weighted by molar-refractivity contribution is -0.141. The van der Waals surface area contributed by atoms with Crippen LogP contribution in [0.4, 0.5) is 13.2 Å². The molecule has 1 heterocycles. The first-order valence-electron chi connectivity index (χ1n) is 5.75. The minimum absolute atomic E-state index is 0.132. The Morgan fingerprint density at radius 3 is 2.25 bits per heavy atom. The Balaban J connectivity index is 2.33. The number of halogens is 3. The van der Waals surface area contributed by atoms with Crippen molar-refractivity contribution >= 4 is 5.78 Å². The minimum atomic E-state index is -4.62. The van der Waals surface area contributed by atoms with Gasteiger partial charge in [0.25, 0.3) is 5.56 Å². The number of rotatable bonds is 3. The lowest BCUT2D eigenvalue weighted by Gasteiger charge is -2.06. The summed E-state index contributed by atoms with van der Waals surface area (Å²) in [7, 11) is 0. The summed E-state index contributed by atoms with van der Waals surface area (Å²) in [5.74, 6) is -0.132. The van der Waals surface area contributed by atoms with Crippen LogP contribution in [0.25, 0.3) is 0 Å². The van der Waals surface area contributed by atoms with Crippen LogP contribution >= 0.6 is 0 Å². The number of ketones is 1.